The van der Waals surface area contributed by atoms with Crippen molar-refractivity contribution < 1.29 is 13.9 Å². The van der Waals surface area contributed by atoms with Gasteiger partial charge in [0.25, 0.3) is 0 Å². The number of nitrogens with two attached hydrogens (primary N) is 1. The van der Waals surface area contributed by atoms with Crippen LogP contribution in [0, 0.1) is 11.6 Å². The molecule has 3 N–H and O–H groups in total. The molecular weight excluding hydrogens is 408 g/mol. The predicted octanol–water partition coefficient (Wildman–Crippen LogP) is 5.48. The van der Waals surface area contributed by atoms with Crippen LogP contribution in [-0.2, 0) is 0 Å². The van der Waals surface area contributed by atoms with E-state index in [0.29, 0.717) is 16.7 Å². The number of pyridine rings is 1. The zero-order valence-electron chi connectivity index (χ0n) is 17.4. The topological polar surface area (TPSA) is 62.4 Å². The van der Waals surface area contributed by atoms with E-state index in [2.05, 4.69) is 9.88 Å². The highest BCUT2D eigenvalue weighted by molar-refractivity contribution is 6.02. The van der Waals surface area contributed by atoms with Crippen molar-refractivity contribution in [1.82, 2.24) is 4.98 Å². The van der Waals surface area contributed by atoms with Crippen LogP contribution >= 0.6 is 0 Å². The van der Waals surface area contributed by atoms with Gasteiger partial charge < -0.3 is 15.7 Å². The number of piperidine rings is 1. The molecule has 1 aromatic heterocycles. The van der Waals surface area contributed by atoms with E-state index in [4.69, 9.17) is 5.73 Å². The Morgan fingerprint density at radius 1 is 0.875 bits per heavy atom. The van der Waals surface area contributed by atoms with Crippen LogP contribution in [0.1, 0.15) is 12.8 Å². The summed E-state index contributed by atoms with van der Waals surface area (Å²) in [7, 11) is 0. The molecule has 3 aromatic carbocycles. The van der Waals surface area contributed by atoms with Crippen molar-refractivity contribution in [3.05, 3.63) is 78.5 Å². The standard InChI is InChI=1S/C26H23F2N3O/c27-18-11-17(12-19(28)14-18)23-15-30-24-6-5-16(21-3-1-2-4-25(21)32)13-22(24)26(23)31-9-7-20(29)8-10-31/h1-6,11-15,20,32H,7-10,29H2. The molecule has 2 heterocycles. The number of aromatic hydroxyl groups is 1. The third-order valence-corrected chi connectivity index (χ3v) is 6.08. The van der Waals surface area contributed by atoms with Crippen LogP contribution < -0.4 is 10.6 Å². The van der Waals surface area contributed by atoms with Crippen molar-refractivity contribution in [2.24, 2.45) is 5.73 Å². The molecule has 0 saturated carbocycles. The Kier molecular flexibility index (Phi) is 5.23. The Morgan fingerprint density at radius 3 is 2.31 bits per heavy atom. The number of nitrogens with zero attached hydrogens (tertiary/aromatic N) is 2. The Hall–Kier alpha value is -3.51. The summed E-state index contributed by atoms with van der Waals surface area (Å²) in [5, 5.41) is 11.2. The number of aromatic nitrogens is 1. The molecule has 0 radical (unpaired) electrons. The largest absolute Gasteiger partial charge is 0.507 e. The normalized spacial score (nSPS) is 14.8. The first-order chi connectivity index (χ1) is 15.5. The highest BCUT2D eigenvalue weighted by atomic mass is 19.1. The average molecular weight is 431 g/mol. The van der Waals surface area contributed by atoms with E-state index in [1.807, 2.05) is 30.3 Å². The van der Waals surface area contributed by atoms with Crippen LogP contribution in [0.4, 0.5) is 14.5 Å². The second kappa shape index (κ2) is 8.20. The van der Waals surface area contributed by atoms with Crippen molar-refractivity contribution in [3.8, 4) is 28.0 Å². The molecule has 32 heavy (non-hydrogen) atoms. The van der Waals surface area contributed by atoms with Crippen LogP contribution in [-0.4, -0.2) is 29.2 Å². The molecule has 1 saturated heterocycles. The quantitative estimate of drug-likeness (QED) is 0.451. The number of rotatable bonds is 3. The first kappa shape index (κ1) is 20.4. The molecule has 0 amide bonds. The summed E-state index contributed by atoms with van der Waals surface area (Å²) in [6, 6.07) is 16.6. The fourth-order valence-electron chi connectivity index (χ4n) is 4.45. The van der Waals surface area contributed by atoms with Crippen molar-refractivity contribution in [3.63, 3.8) is 0 Å². The summed E-state index contributed by atoms with van der Waals surface area (Å²) >= 11 is 0. The molecule has 0 aliphatic carbocycles. The van der Waals surface area contributed by atoms with E-state index in [-0.39, 0.29) is 11.8 Å². The van der Waals surface area contributed by atoms with Crippen LogP contribution in [0.15, 0.2) is 66.9 Å². The van der Waals surface area contributed by atoms with Gasteiger partial charge in [-0.3, -0.25) is 4.98 Å². The number of halogens is 2. The van der Waals surface area contributed by atoms with Gasteiger partial charge in [0, 0.05) is 47.9 Å². The lowest BCUT2D eigenvalue weighted by atomic mass is 9.96. The second-order valence-corrected chi connectivity index (χ2v) is 8.25. The third-order valence-electron chi connectivity index (χ3n) is 6.08. The SMILES string of the molecule is NC1CCN(c2c(-c3cc(F)cc(F)c3)cnc3ccc(-c4ccccc4O)cc23)CC1. The van der Waals surface area contributed by atoms with Gasteiger partial charge in [-0.15, -0.1) is 0 Å². The van der Waals surface area contributed by atoms with E-state index < -0.39 is 11.6 Å². The van der Waals surface area contributed by atoms with Gasteiger partial charge in [-0.25, -0.2) is 8.78 Å². The number of hydrogen-bond donors (Lipinski definition) is 2. The number of anilines is 1. The zero-order chi connectivity index (χ0) is 22.2. The molecule has 0 unspecified atom stereocenters. The number of benzene rings is 3. The van der Waals surface area contributed by atoms with E-state index in [0.717, 1.165) is 54.2 Å². The highest BCUT2D eigenvalue weighted by Gasteiger charge is 2.23. The van der Waals surface area contributed by atoms with Crippen LogP contribution in [0.2, 0.25) is 0 Å². The zero-order valence-corrected chi connectivity index (χ0v) is 17.4. The molecule has 4 nitrogen and oxygen atoms in total. The molecule has 0 bridgehead atoms. The van der Waals surface area contributed by atoms with Gasteiger partial charge in [0.05, 0.1) is 11.2 Å². The Labute approximate surface area is 184 Å². The summed E-state index contributed by atoms with van der Waals surface area (Å²) in [4.78, 5) is 6.81. The first-order valence-corrected chi connectivity index (χ1v) is 10.7. The average Bonchev–Trinajstić information content (AvgIpc) is 2.78. The number of hydrogen-bond acceptors (Lipinski definition) is 4. The van der Waals surface area contributed by atoms with E-state index >= 15 is 0 Å². The molecule has 1 aliphatic rings. The summed E-state index contributed by atoms with van der Waals surface area (Å²) < 4.78 is 28.1. The number of fused-ring (bicyclic) bond motifs is 1. The molecule has 0 atom stereocenters. The van der Waals surface area contributed by atoms with Crippen LogP contribution in [0.25, 0.3) is 33.2 Å². The third kappa shape index (κ3) is 3.78. The summed E-state index contributed by atoms with van der Waals surface area (Å²) in [6.45, 7) is 1.48. The maximum absolute atomic E-state index is 14.1. The lowest BCUT2D eigenvalue weighted by Crippen LogP contribution is -2.40. The first-order valence-electron chi connectivity index (χ1n) is 10.7. The summed E-state index contributed by atoms with van der Waals surface area (Å²) in [6.07, 6.45) is 3.35. The van der Waals surface area contributed by atoms with Crippen molar-refractivity contribution >= 4 is 16.6 Å². The molecule has 6 heteroatoms. The van der Waals surface area contributed by atoms with Gasteiger partial charge in [-0.1, -0.05) is 24.3 Å². The maximum atomic E-state index is 14.1. The highest BCUT2D eigenvalue weighted by Crippen LogP contribution is 2.40. The lowest BCUT2D eigenvalue weighted by Gasteiger charge is -2.34. The van der Waals surface area contributed by atoms with Crippen molar-refractivity contribution in [2.45, 2.75) is 18.9 Å². The Bertz CT molecular complexity index is 1280. The number of phenols is 1. The molecule has 5 rings (SSSR count). The number of para-hydroxylation sites is 1. The molecule has 0 spiro atoms. The van der Waals surface area contributed by atoms with E-state index in [9.17, 15) is 13.9 Å². The van der Waals surface area contributed by atoms with Gasteiger partial charge in [0.2, 0.25) is 0 Å². The molecular formula is C26H23F2N3O. The molecule has 1 fully saturated rings. The van der Waals surface area contributed by atoms with E-state index in [1.165, 1.54) is 12.1 Å². The lowest BCUT2D eigenvalue weighted by molar-refractivity contribution is 0.477. The number of phenolic OH excluding ortho intramolecular Hbond substituents is 1. The monoisotopic (exact) mass is 431 g/mol. The van der Waals surface area contributed by atoms with Gasteiger partial charge in [-0.05, 0) is 54.3 Å². The minimum atomic E-state index is -0.630. The van der Waals surface area contributed by atoms with Crippen molar-refractivity contribution in [1.29, 1.82) is 0 Å². The van der Waals surface area contributed by atoms with Crippen molar-refractivity contribution in [2.75, 3.05) is 18.0 Å². The van der Waals surface area contributed by atoms with Gasteiger partial charge >= 0.3 is 0 Å². The Balaban J connectivity index is 1.76. The second-order valence-electron chi connectivity index (χ2n) is 8.25. The summed E-state index contributed by atoms with van der Waals surface area (Å²) in [5.41, 5.74) is 10.4. The van der Waals surface area contributed by atoms with Gasteiger partial charge in [0.15, 0.2) is 0 Å². The summed E-state index contributed by atoms with van der Waals surface area (Å²) in [5.74, 6) is -1.07. The fraction of sp³-hybridized carbons (Fsp3) is 0.192. The van der Waals surface area contributed by atoms with Gasteiger partial charge in [-0.2, -0.15) is 0 Å². The maximum Gasteiger partial charge on any atom is 0.126 e. The van der Waals surface area contributed by atoms with Crippen LogP contribution in [0.3, 0.4) is 0 Å². The minimum absolute atomic E-state index is 0.145. The molecule has 162 valence electrons. The fourth-order valence-corrected chi connectivity index (χ4v) is 4.45. The Morgan fingerprint density at radius 2 is 1.59 bits per heavy atom. The minimum Gasteiger partial charge on any atom is -0.507 e. The molecule has 1 aliphatic heterocycles. The van der Waals surface area contributed by atoms with Crippen LogP contribution in [0.5, 0.6) is 5.75 Å². The van der Waals surface area contributed by atoms with Gasteiger partial charge in [0.1, 0.15) is 17.4 Å². The van der Waals surface area contributed by atoms with E-state index in [1.54, 1.807) is 18.3 Å². The predicted molar refractivity (Wildman–Crippen MR) is 124 cm³/mol. The smallest absolute Gasteiger partial charge is 0.126 e. The molecule has 4 aromatic rings.